The number of hydrogen-bond donors (Lipinski definition) is 6. The molecule has 0 aliphatic carbocycles. The van der Waals surface area contributed by atoms with Crippen molar-refractivity contribution in [2.24, 2.45) is 5.16 Å². The van der Waals surface area contributed by atoms with Crippen LogP contribution in [-0.2, 0) is 37.1 Å². The van der Waals surface area contributed by atoms with Crippen LogP contribution < -0.4 is 26.7 Å². The smallest absolute Gasteiger partial charge is 0.374 e. The van der Waals surface area contributed by atoms with Gasteiger partial charge in [-0.1, -0.05) is 5.16 Å². The van der Waals surface area contributed by atoms with Crippen molar-refractivity contribution in [1.29, 1.82) is 0 Å². The van der Waals surface area contributed by atoms with Gasteiger partial charge in [-0.3, -0.25) is 19.1 Å². The molecule has 0 spiro atoms. The number of nitrogens with zero attached hydrogens (tertiary/aromatic N) is 7. The van der Waals surface area contributed by atoms with E-state index in [2.05, 4.69) is 36.7 Å². The summed E-state index contributed by atoms with van der Waals surface area (Å²) in [7, 11) is 1.86. The summed E-state index contributed by atoms with van der Waals surface area (Å²) in [5, 5.41) is 27.5. The summed E-state index contributed by atoms with van der Waals surface area (Å²) in [6, 6.07) is 2.57. The van der Waals surface area contributed by atoms with Gasteiger partial charge in [-0.05, 0) is 43.7 Å². The molecule has 1 fully saturated rings. The molecule has 5 rings (SSSR count). The van der Waals surface area contributed by atoms with E-state index in [-0.39, 0.29) is 29.0 Å². The fourth-order valence-corrected chi connectivity index (χ4v) is 6.58. The topological polar surface area (TPSA) is 257 Å². The lowest BCUT2D eigenvalue weighted by atomic mass is 10.0. The largest absolute Gasteiger partial charge is 0.477 e. The molecule has 2 aliphatic rings. The third-order valence-corrected chi connectivity index (χ3v) is 8.75. The van der Waals surface area contributed by atoms with Crippen LogP contribution in [0, 0.1) is 0 Å². The molecule has 3 aromatic rings. The van der Waals surface area contributed by atoms with E-state index in [0.29, 0.717) is 23.7 Å². The van der Waals surface area contributed by atoms with E-state index >= 15 is 0 Å². The van der Waals surface area contributed by atoms with Gasteiger partial charge in [0.2, 0.25) is 17.3 Å². The minimum absolute atomic E-state index is 0.00290. The van der Waals surface area contributed by atoms with Gasteiger partial charge in [-0.25, -0.2) is 14.2 Å². The normalized spacial score (nSPS) is 18.0. The molecule has 0 unspecified atom stereocenters. The van der Waals surface area contributed by atoms with Crippen molar-refractivity contribution in [3.8, 4) is 0 Å². The standard InChI is InChI=1S/C25H27N11O7S2/c1-11(22(39)40)43-32-14(17-30-25(27)45-33-17)19(37)29-15-20(38)36-16(23(41)42)12(10-44-21(15)36)9-34-7-3-5-13-18(34)31-24(26)35(13)8-4-6-28-2/h3,5,7,15,21,26,28H,1,4,6,8-10H2,2H3,(H5,27,29,30,33,37,39,40,41,42)/p+1/b32-14-/t15-,21-/m1/s1. The summed E-state index contributed by atoms with van der Waals surface area (Å²) < 4.78 is 7.57. The molecule has 2 aliphatic heterocycles. The highest BCUT2D eigenvalue weighted by Crippen LogP contribution is 2.40. The number of carboxylic acid groups (broad SMARTS) is 2. The molecule has 0 aromatic carbocycles. The molecule has 1 saturated heterocycles. The Morgan fingerprint density at radius 1 is 1.29 bits per heavy atom. The van der Waals surface area contributed by atoms with Crippen molar-refractivity contribution in [1.82, 2.24) is 34.4 Å². The highest BCUT2D eigenvalue weighted by Gasteiger charge is 2.54. The highest BCUT2D eigenvalue weighted by molar-refractivity contribution is 8.00. The molecule has 2 amide bonds. The van der Waals surface area contributed by atoms with Gasteiger partial charge in [0.25, 0.3) is 11.8 Å². The summed E-state index contributed by atoms with van der Waals surface area (Å²) in [6.07, 6.45) is 2.59. The SMILES string of the molecule is C=C(O/N=C(\C(=O)N[C@@H]1C(=O)N2C(C(=O)O)=C(C[n+]3cccc4c3nc(N)n4CCCNC)CS[C@H]12)c1nsc(N)n1)C(=O)O. The number of fused-ring (bicyclic) bond motifs is 2. The van der Waals surface area contributed by atoms with Crippen LogP contribution in [0.4, 0.5) is 11.1 Å². The van der Waals surface area contributed by atoms with Crippen molar-refractivity contribution < 1.29 is 38.8 Å². The third kappa shape index (κ3) is 6.14. The van der Waals surface area contributed by atoms with Crippen molar-refractivity contribution in [3.05, 3.63) is 47.8 Å². The van der Waals surface area contributed by atoms with Crippen LogP contribution in [-0.4, -0.2) is 94.2 Å². The van der Waals surface area contributed by atoms with E-state index in [1.807, 2.05) is 23.7 Å². The number of nitrogen functional groups attached to an aromatic ring is 2. The third-order valence-electron chi connectivity index (χ3n) is 6.87. The number of oxime groups is 1. The first-order chi connectivity index (χ1) is 21.5. The zero-order chi connectivity index (χ0) is 32.4. The lowest BCUT2D eigenvalue weighted by Crippen LogP contribution is -2.71. The number of β-lactam (4-membered cyclic amide) rings is 1. The summed E-state index contributed by atoms with van der Waals surface area (Å²) in [5.74, 6) is -4.94. The van der Waals surface area contributed by atoms with Gasteiger partial charge in [0.05, 0.1) is 6.20 Å². The first kappa shape index (κ1) is 31.3. The van der Waals surface area contributed by atoms with Gasteiger partial charge >= 0.3 is 23.5 Å². The zero-order valence-corrected chi connectivity index (χ0v) is 25.3. The quantitative estimate of drug-likeness (QED) is 0.0238. The highest BCUT2D eigenvalue weighted by atomic mass is 32.2. The summed E-state index contributed by atoms with van der Waals surface area (Å²) >= 11 is 2.02. The Hall–Kier alpha value is -5.08. The second kappa shape index (κ2) is 12.9. The van der Waals surface area contributed by atoms with Crippen LogP contribution in [0.15, 0.2) is 47.1 Å². The van der Waals surface area contributed by atoms with Crippen molar-refractivity contribution in [2.75, 3.05) is 30.8 Å². The lowest BCUT2D eigenvalue weighted by Gasteiger charge is -2.49. The Labute approximate surface area is 262 Å². The van der Waals surface area contributed by atoms with Gasteiger partial charge in [0.15, 0.2) is 5.13 Å². The van der Waals surface area contributed by atoms with Crippen LogP contribution in [0.3, 0.4) is 0 Å². The predicted octanol–water partition coefficient (Wildman–Crippen LogP) is -1.29. The molecule has 18 nitrogen and oxygen atoms in total. The Bertz CT molecular complexity index is 1780. The fourth-order valence-electron chi connectivity index (χ4n) is 4.81. The molecule has 5 heterocycles. The van der Waals surface area contributed by atoms with Crippen LogP contribution in [0.1, 0.15) is 12.2 Å². The Morgan fingerprint density at radius 3 is 2.73 bits per heavy atom. The Kier molecular flexibility index (Phi) is 8.97. The lowest BCUT2D eigenvalue weighted by molar-refractivity contribution is -0.664. The number of nitrogens with two attached hydrogens (primary N) is 2. The number of amides is 2. The molecule has 3 aromatic heterocycles. The van der Waals surface area contributed by atoms with Crippen molar-refractivity contribution in [2.45, 2.75) is 30.9 Å². The minimum atomic E-state index is -1.52. The molecule has 2 atom stereocenters. The molecule has 0 saturated carbocycles. The number of aliphatic carboxylic acids is 2. The van der Waals surface area contributed by atoms with E-state index in [1.54, 1.807) is 10.8 Å². The summed E-state index contributed by atoms with van der Waals surface area (Å²) in [6.45, 7) is 4.74. The van der Waals surface area contributed by atoms with E-state index in [4.69, 9.17) is 21.4 Å². The van der Waals surface area contributed by atoms with Crippen molar-refractivity contribution >= 4 is 75.0 Å². The second-order valence-corrected chi connectivity index (χ2v) is 11.6. The minimum Gasteiger partial charge on any atom is -0.477 e. The fraction of sp³-hybridized carbons (Fsp3) is 0.320. The molecule has 8 N–H and O–H groups in total. The maximum absolute atomic E-state index is 13.3. The van der Waals surface area contributed by atoms with Crippen LogP contribution in [0.5, 0.6) is 0 Å². The number of hydrogen-bond acceptors (Lipinski definition) is 14. The van der Waals surface area contributed by atoms with Gasteiger partial charge in [0, 0.05) is 29.4 Å². The summed E-state index contributed by atoms with van der Waals surface area (Å²) in [5.41, 5.74) is 12.9. The number of carbonyl (C=O) groups is 4. The number of aromatic nitrogens is 5. The monoisotopic (exact) mass is 658 g/mol. The first-order valence-electron chi connectivity index (χ1n) is 13.3. The van der Waals surface area contributed by atoms with Gasteiger partial charge in [-0.2, -0.15) is 9.36 Å². The molecule has 45 heavy (non-hydrogen) atoms. The maximum Gasteiger partial charge on any atom is 0.374 e. The zero-order valence-electron chi connectivity index (χ0n) is 23.7. The van der Waals surface area contributed by atoms with Crippen LogP contribution in [0.2, 0.25) is 0 Å². The number of anilines is 2. The average Bonchev–Trinajstić information content (AvgIpc) is 3.58. The van der Waals surface area contributed by atoms with E-state index in [1.165, 1.54) is 11.8 Å². The second-order valence-electron chi connectivity index (χ2n) is 9.76. The van der Waals surface area contributed by atoms with E-state index < -0.39 is 46.6 Å². The van der Waals surface area contributed by atoms with E-state index in [9.17, 15) is 24.3 Å². The molecule has 236 valence electrons. The Balaban J connectivity index is 1.37. The van der Waals surface area contributed by atoms with Crippen LogP contribution >= 0.6 is 23.3 Å². The maximum atomic E-state index is 13.3. The van der Waals surface area contributed by atoms with E-state index in [0.717, 1.165) is 34.9 Å². The number of thioether (sulfide) groups is 1. The molecule has 0 radical (unpaired) electrons. The first-order valence-corrected chi connectivity index (χ1v) is 15.1. The number of imidazole rings is 1. The number of aryl methyl sites for hydroxylation is 1. The predicted molar refractivity (Wildman–Crippen MR) is 161 cm³/mol. The average molecular weight is 659 g/mol. The molecule has 20 heteroatoms. The number of nitrogens with one attached hydrogen (secondary N) is 2. The van der Waals surface area contributed by atoms with Gasteiger partial charge in [-0.15, -0.1) is 11.8 Å². The molecule has 0 bridgehead atoms. The number of carbonyl (C=O) groups excluding carboxylic acids is 2. The summed E-state index contributed by atoms with van der Waals surface area (Å²) in [4.78, 5) is 64.2. The Morgan fingerprint density at radius 2 is 2.07 bits per heavy atom. The van der Waals surface area contributed by atoms with Gasteiger partial charge < -0.3 is 37.2 Å². The van der Waals surface area contributed by atoms with Crippen LogP contribution in [0.25, 0.3) is 11.2 Å². The molecular formula is C25H28N11O7S2+. The molecular weight excluding hydrogens is 630 g/mol. The van der Waals surface area contributed by atoms with Gasteiger partial charge in [0.1, 0.15) is 29.2 Å². The number of pyridine rings is 1. The van der Waals surface area contributed by atoms with Crippen molar-refractivity contribution in [3.63, 3.8) is 0 Å². The number of carboxylic acids is 2. The number of rotatable bonds is 13.